The van der Waals surface area contributed by atoms with E-state index in [2.05, 4.69) is 9.64 Å². The molecular weight excluding hydrogens is 335 g/mol. The average molecular weight is 359 g/mol. The lowest BCUT2D eigenvalue weighted by Gasteiger charge is -2.35. The van der Waals surface area contributed by atoms with E-state index in [1.165, 1.54) is 0 Å². The molecule has 1 heterocycles. The van der Waals surface area contributed by atoms with E-state index in [0.717, 1.165) is 5.56 Å². The molecule has 0 aromatic heterocycles. The molecule has 1 aromatic carbocycles. The maximum atomic E-state index is 12.6. The van der Waals surface area contributed by atoms with Gasteiger partial charge in [-0.05, 0) is 31.0 Å². The van der Waals surface area contributed by atoms with Crippen molar-refractivity contribution in [1.82, 2.24) is 9.80 Å². The highest BCUT2D eigenvalue weighted by atomic mass is 19.4. The monoisotopic (exact) mass is 359 g/mol. The van der Waals surface area contributed by atoms with E-state index in [4.69, 9.17) is 5.73 Å². The second-order valence-corrected chi connectivity index (χ2v) is 6.23. The number of piperazine rings is 1. The maximum absolute atomic E-state index is 12.6. The maximum Gasteiger partial charge on any atom is 0.411 e. The molecular formula is C17H24F3N3O2. The van der Waals surface area contributed by atoms with Crippen LogP contribution in [0.4, 0.5) is 18.9 Å². The predicted octanol–water partition coefficient (Wildman–Crippen LogP) is 2.30. The number of nitrogen functional groups attached to an aromatic ring is 1. The van der Waals surface area contributed by atoms with Gasteiger partial charge < -0.3 is 15.4 Å². The molecule has 2 rings (SSSR count). The molecule has 0 unspecified atom stereocenters. The molecule has 25 heavy (non-hydrogen) atoms. The Morgan fingerprint density at radius 3 is 2.56 bits per heavy atom. The number of nitrogens with zero attached hydrogens (tertiary/aromatic N) is 2. The van der Waals surface area contributed by atoms with Gasteiger partial charge in [0.05, 0.1) is 0 Å². The number of halogens is 3. The Morgan fingerprint density at radius 1 is 1.24 bits per heavy atom. The summed E-state index contributed by atoms with van der Waals surface area (Å²) >= 11 is 0. The number of carbonyl (C=O) groups excluding carboxylic acids is 1. The Balaban J connectivity index is 1.72. The zero-order chi connectivity index (χ0) is 18.4. The van der Waals surface area contributed by atoms with Gasteiger partial charge in [0.2, 0.25) is 0 Å². The first kappa shape index (κ1) is 19.5. The Morgan fingerprint density at radius 2 is 1.92 bits per heavy atom. The fourth-order valence-corrected chi connectivity index (χ4v) is 2.79. The van der Waals surface area contributed by atoms with Crippen LogP contribution in [-0.4, -0.2) is 67.8 Å². The minimum Gasteiger partial charge on any atom is -0.399 e. The first-order chi connectivity index (χ1) is 11.8. The molecule has 2 N–H and O–H groups in total. The molecule has 0 aliphatic carbocycles. The number of aryl methyl sites for hydroxylation is 1. The van der Waals surface area contributed by atoms with Crippen molar-refractivity contribution in [2.45, 2.75) is 19.5 Å². The zero-order valence-corrected chi connectivity index (χ0v) is 14.3. The Hall–Kier alpha value is -1.80. The van der Waals surface area contributed by atoms with Gasteiger partial charge in [-0.3, -0.25) is 9.69 Å². The quantitative estimate of drug-likeness (QED) is 0.626. The van der Waals surface area contributed by atoms with Crippen molar-refractivity contribution in [2.24, 2.45) is 0 Å². The van der Waals surface area contributed by atoms with E-state index in [-0.39, 0.29) is 12.5 Å². The largest absolute Gasteiger partial charge is 0.411 e. The van der Waals surface area contributed by atoms with E-state index in [1.807, 2.05) is 13.0 Å². The van der Waals surface area contributed by atoms with Crippen molar-refractivity contribution in [1.29, 1.82) is 0 Å². The van der Waals surface area contributed by atoms with Crippen molar-refractivity contribution in [3.63, 3.8) is 0 Å². The molecule has 1 fully saturated rings. The summed E-state index contributed by atoms with van der Waals surface area (Å²) < 4.78 is 40.5. The molecule has 0 bridgehead atoms. The number of amides is 1. The first-order valence-corrected chi connectivity index (χ1v) is 8.28. The summed E-state index contributed by atoms with van der Waals surface area (Å²) in [4.78, 5) is 16.5. The van der Waals surface area contributed by atoms with Crippen LogP contribution in [0.25, 0.3) is 0 Å². The van der Waals surface area contributed by atoms with Crippen molar-refractivity contribution < 1.29 is 22.7 Å². The fraction of sp³-hybridized carbons (Fsp3) is 0.588. The summed E-state index contributed by atoms with van der Waals surface area (Å²) in [5.74, 6) is -0.0297. The van der Waals surface area contributed by atoms with E-state index in [9.17, 15) is 18.0 Å². The van der Waals surface area contributed by atoms with Crippen LogP contribution in [0.1, 0.15) is 22.3 Å². The number of rotatable bonds is 6. The number of carbonyl (C=O) groups is 1. The smallest absolute Gasteiger partial charge is 0.399 e. The normalized spacial score (nSPS) is 16.2. The van der Waals surface area contributed by atoms with E-state index < -0.39 is 12.8 Å². The molecule has 1 aliphatic rings. The SMILES string of the molecule is Cc1ccc(N)cc1C(=O)N1CCN(CCCOCC(F)(F)F)CC1. The summed E-state index contributed by atoms with van der Waals surface area (Å²) in [6.45, 7) is 4.02. The lowest BCUT2D eigenvalue weighted by Crippen LogP contribution is -2.49. The number of hydrogen-bond donors (Lipinski definition) is 1. The van der Waals surface area contributed by atoms with Gasteiger partial charge in [-0.25, -0.2) is 0 Å². The highest BCUT2D eigenvalue weighted by Crippen LogP contribution is 2.17. The summed E-state index contributed by atoms with van der Waals surface area (Å²) in [7, 11) is 0. The number of alkyl halides is 3. The van der Waals surface area contributed by atoms with Crippen molar-refractivity contribution >= 4 is 11.6 Å². The standard InChI is InChI=1S/C17H24F3N3O2/c1-13-3-4-14(21)11-15(13)16(24)23-8-6-22(7-9-23)5-2-10-25-12-17(18,19)20/h3-4,11H,2,5-10,12,21H2,1H3. The summed E-state index contributed by atoms with van der Waals surface area (Å²) in [6.07, 6.45) is -3.73. The highest BCUT2D eigenvalue weighted by Gasteiger charge is 2.27. The lowest BCUT2D eigenvalue weighted by atomic mass is 10.1. The Kier molecular flexibility index (Phi) is 6.66. The molecule has 0 spiro atoms. The van der Waals surface area contributed by atoms with Gasteiger partial charge in [-0.2, -0.15) is 13.2 Å². The van der Waals surface area contributed by atoms with Gasteiger partial charge in [-0.1, -0.05) is 6.07 Å². The van der Waals surface area contributed by atoms with Gasteiger partial charge >= 0.3 is 6.18 Å². The summed E-state index contributed by atoms with van der Waals surface area (Å²) in [6, 6.07) is 5.30. The summed E-state index contributed by atoms with van der Waals surface area (Å²) in [5.41, 5.74) is 7.84. The van der Waals surface area contributed by atoms with Crippen LogP contribution in [0.3, 0.4) is 0 Å². The van der Waals surface area contributed by atoms with Crippen LogP contribution < -0.4 is 5.73 Å². The molecule has 1 amide bonds. The van der Waals surface area contributed by atoms with Crippen LogP contribution >= 0.6 is 0 Å². The minimum atomic E-state index is -4.27. The van der Waals surface area contributed by atoms with E-state index in [1.54, 1.807) is 17.0 Å². The van der Waals surface area contributed by atoms with Crippen LogP contribution in [0.5, 0.6) is 0 Å². The summed E-state index contributed by atoms with van der Waals surface area (Å²) in [5, 5.41) is 0. The highest BCUT2D eigenvalue weighted by molar-refractivity contribution is 5.96. The van der Waals surface area contributed by atoms with Gasteiger partial charge in [0.15, 0.2) is 0 Å². The zero-order valence-electron chi connectivity index (χ0n) is 14.3. The Labute approximate surface area is 145 Å². The molecule has 8 heteroatoms. The number of nitrogens with two attached hydrogens (primary N) is 1. The van der Waals surface area contributed by atoms with Gasteiger partial charge in [0.1, 0.15) is 6.61 Å². The Bertz CT molecular complexity index is 585. The molecule has 1 saturated heterocycles. The fourth-order valence-electron chi connectivity index (χ4n) is 2.79. The van der Waals surface area contributed by atoms with Crippen LogP contribution in [0.15, 0.2) is 18.2 Å². The molecule has 1 aliphatic heterocycles. The average Bonchev–Trinajstić information content (AvgIpc) is 2.56. The predicted molar refractivity (Wildman–Crippen MR) is 89.4 cm³/mol. The minimum absolute atomic E-state index is 0.0297. The van der Waals surface area contributed by atoms with Crippen molar-refractivity contribution in [3.05, 3.63) is 29.3 Å². The second-order valence-electron chi connectivity index (χ2n) is 6.23. The molecule has 5 nitrogen and oxygen atoms in total. The number of ether oxygens (including phenoxy) is 1. The van der Waals surface area contributed by atoms with Crippen LogP contribution in [0, 0.1) is 6.92 Å². The first-order valence-electron chi connectivity index (χ1n) is 8.28. The van der Waals surface area contributed by atoms with Gasteiger partial charge in [0.25, 0.3) is 5.91 Å². The van der Waals surface area contributed by atoms with E-state index >= 15 is 0 Å². The third-order valence-electron chi connectivity index (χ3n) is 4.18. The molecule has 1 aromatic rings. The third-order valence-corrected chi connectivity index (χ3v) is 4.18. The number of benzene rings is 1. The van der Waals surface area contributed by atoms with Crippen LogP contribution in [-0.2, 0) is 4.74 Å². The number of anilines is 1. The molecule has 140 valence electrons. The van der Waals surface area contributed by atoms with Crippen molar-refractivity contribution in [3.8, 4) is 0 Å². The van der Waals surface area contributed by atoms with E-state index in [0.29, 0.717) is 50.4 Å². The lowest BCUT2D eigenvalue weighted by molar-refractivity contribution is -0.174. The third kappa shape index (κ3) is 6.21. The van der Waals surface area contributed by atoms with Gasteiger partial charge in [0, 0.05) is 50.6 Å². The van der Waals surface area contributed by atoms with Crippen molar-refractivity contribution in [2.75, 3.05) is 51.7 Å². The topological polar surface area (TPSA) is 58.8 Å². The molecule has 0 atom stereocenters. The molecule has 0 radical (unpaired) electrons. The second kappa shape index (κ2) is 8.53. The van der Waals surface area contributed by atoms with Crippen LogP contribution in [0.2, 0.25) is 0 Å². The number of hydrogen-bond acceptors (Lipinski definition) is 4. The van der Waals surface area contributed by atoms with Gasteiger partial charge in [-0.15, -0.1) is 0 Å². The molecule has 0 saturated carbocycles.